The second kappa shape index (κ2) is 5.56. The van der Waals surface area contributed by atoms with E-state index in [0.29, 0.717) is 18.9 Å². The maximum absolute atomic E-state index is 11.3. The third-order valence-corrected chi connectivity index (χ3v) is 2.85. The lowest BCUT2D eigenvalue weighted by Gasteiger charge is -2.22. The van der Waals surface area contributed by atoms with Gasteiger partial charge in [0.25, 0.3) is 0 Å². The Morgan fingerprint density at radius 1 is 1.42 bits per heavy atom. The first-order valence-electron chi connectivity index (χ1n) is 6.10. The van der Waals surface area contributed by atoms with Gasteiger partial charge in [-0.2, -0.15) is 0 Å². The van der Waals surface area contributed by atoms with Gasteiger partial charge >= 0.3 is 5.97 Å². The highest BCUT2D eigenvalue weighted by atomic mass is 16.4. The Balaban J connectivity index is 2.36. The topological polar surface area (TPSA) is 66.6 Å². The highest BCUT2D eigenvalue weighted by Crippen LogP contribution is 2.21. The third kappa shape index (κ3) is 2.93. The highest BCUT2D eigenvalue weighted by Gasteiger charge is 2.17. The van der Waals surface area contributed by atoms with Gasteiger partial charge in [0.15, 0.2) is 0 Å². The van der Waals surface area contributed by atoms with E-state index in [9.17, 15) is 9.90 Å². The summed E-state index contributed by atoms with van der Waals surface area (Å²) in [5.41, 5.74) is 0.997. The van der Waals surface area contributed by atoms with Gasteiger partial charge in [0, 0.05) is 12.2 Å². The molecule has 0 saturated heterocycles. The number of carboxylic acids is 1. The van der Waals surface area contributed by atoms with E-state index in [2.05, 4.69) is 4.98 Å². The van der Waals surface area contributed by atoms with E-state index in [1.807, 2.05) is 30.9 Å². The van der Waals surface area contributed by atoms with Crippen molar-refractivity contribution in [2.45, 2.75) is 20.4 Å². The zero-order valence-electron chi connectivity index (χ0n) is 11.0. The van der Waals surface area contributed by atoms with Crippen molar-refractivity contribution in [1.82, 2.24) is 4.98 Å². The normalized spacial score (nSPS) is 10.4. The molecule has 0 aromatic carbocycles. The average Bonchev–Trinajstić information content (AvgIpc) is 2.88. The smallest absolute Gasteiger partial charge is 0.339 e. The molecular formula is C14H16N2O3. The SMILES string of the molecule is CCN(Cc1ccco1)c1nc(C)ccc1C(=O)O. The van der Waals surface area contributed by atoms with Gasteiger partial charge in [0.2, 0.25) is 0 Å². The van der Waals surface area contributed by atoms with E-state index in [1.165, 1.54) is 0 Å². The second-order valence-corrected chi connectivity index (χ2v) is 4.22. The lowest BCUT2D eigenvalue weighted by molar-refractivity contribution is 0.0697. The zero-order valence-corrected chi connectivity index (χ0v) is 11.0. The van der Waals surface area contributed by atoms with Crippen molar-refractivity contribution in [3.8, 4) is 0 Å². The molecule has 0 saturated carbocycles. The number of aromatic nitrogens is 1. The summed E-state index contributed by atoms with van der Waals surface area (Å²) in [5.74, 6) is 0.285. The number of pyridine rings is 1. The van der Waals surface area contributed by atoms with Crippen LogP contribution in [0.4, 0.5) is 5.82 Å². The maximum Gasteiger partial charge on any atom is 0.339 e. The van der Waals surface area contributed by atoms with Gasteiger partial charge in [-0.3, -0.25) is 0 Å². The van der Waals surface area contributed by atoms with E-state index in [4.69, 9.17) is 4.42 Å². The molecule has 0 unspecified atom stereocenters. The molecule has 0 spiro atoms. The van der Waals surface area contributed by atoms with Gasteiger partial charge in [-0.1, -0.05) is 0 Å². The van der Waals surface area contributed by atoms with Gasteiger partial charge in [0.05, 0.1) is 12.8 Å². The summed E-state index contributed by atoms with van der Waals surface area (Å²) in [7, 11) is 0. The van der Waals surface area contributed by atoms with Crippen LogP contribution in [0.3, 0.4) is 0 Å². The second-order valence-electron chi connectivity index (χ2n) is 4.22. The number of aryl methyl sites for hydroxylation is 1. The monoisotopic (exact) mass is 260 g/mol. The Bertz CT molecular complexity index is 564. The quantitative estimate of drug-likeness (QED) is 0.895. The number of hydrogen-bond donors (Lipinski definition) is 1. The molecule has 0 fully saturated rings. The van der Waals surface area contributed by atoms with Crippen molar-refractivity contribution in [3.63, 3.8) is 0 Å². The van der Waals surface area contributed by atoms with Crippen LogP contribution in [0.1, 0.15) is 28.7 Å². The van der Waals surface area contributed by atoms with Crippen LogP contribution in [0.5, 0.6) is 0 Å². The van der Waals surface area contributed by atoms with Gasteiger partial charge in [0.1, 0.15) is 17.1 Å². The minimum atomic E-state index is -0.972. The lowest BCUT2D eigenvalue weighted by Crippen LogP contribution is -2.25. The summed E-state index contributed by atoms with van der Waals surface area (Å²) in [6.45, 7) is 4.95. The van der Waals surface area contributed by atoms with Crippen LogP contribution in [0.2, 0.25) is 0 Å². The minimum absolute atomic E-state index is 0.207. The Morgan fingerprint density at radius 2 is 2.21 bits per heavy atom. The molecule has 2 rings (SSSR count). The largest absolute Gasteiger partial charge is 0.478 e. The molecule has 100 valence electrons. The standard InChI is InChI=1S/C14H16N2O3/c1-3-16(9-11-5-4-8-19-11)13-12(14(17)18)7-6-10(2)15-13/h4-8H,3,9H2,1-2H3,(H,17,18). The summed E-state index contributed by atoms with van der Waals surface area (Å²) >= 11 is 0. The molecule has 5 nitrogen and oxygen atoms in total. The molecule has 2 aromatic heterocycles. The Labute approximate surface area is 111 Å². The van der Waals surface area contributed by atoms with Crippen molar-refractivity contribution in [3.05, 3.63) is 47.5 Å². The lowest BCUT2D eigenvalue weighted by atomic mass is 10.2. The first-order valence-corrected chi connectivity index (χ1v) is 6.10. The number of carboxylic acid groups (broad SMARTS) is 1. The molecule has 1 N–H and O–H groups in total. The van der Waals surface area contributed by atoms with Gasteiger partial charge < -0.3 is 14.4 Å². The predicted octanol–water partition coefficient (Wildman–Crippen LogP) is 2.71. The Kier molecular flexibility index (Phi) is 3.85. The van der Waals surface area contributed by atoms with Crippen molar-refractivity contribution < 1.29 is 14.3 Å². The molecule has 0 radical (unpaired) electrons. The molecular weight excluding hydrogens is 244 g/mol. The number of hydrogen-bond acceptors (Lipinski definition) is 4. The fraction of sp³-hybridized carbons (Fsp3) is 0.286. The molecule has 0 aliphatic heterocycles. The fourth-order valence-corrected chi connectivity index (χ4v) is 1.88. The average molecular weight is 260 g/mol. The summed E-state index contributed by atoms with van der Waals surface area (Å²) in [6.07, 6.45) is 1.60. The Hall–Kier alpha value is -2.30. The summed E-state index contributed by atoms with van der Waals surface area (Å²) in [4.78, 5) is 17.5. The molecule has 19 heavy (non-hydrogen) atoms. The first-order chi connectivity index (χ1) is 9.11. The van der Waals surface area contributed by atoms with E-state index in [1.54, 1.807) is 18.4 Å². The van der Waals surface area contributed by atoms with Crippen LogP contribution in [0.15, 0.2) is 34.9 Å². The van der Waals surface area contributed by atoms with Crippen LogP contribution in [-0.2, 0) is 6.54 Å². The van der Waals surface area contributed by atoms with E-state index in [-0.39, 0.29) is 5.56 Å². The molecule has 0 aliphatic rings. The summed E-state index contributed by atoms with van der Waals surface area (Å²) < 4.78 is 5.30. The number of nitrogens with zero attached hydrogens (tertiary/aromatic N) is 2. The summed E-state index contributed by atoms with van der Waals surface area (Å²) in [5, 5.41) is 9.24. The van der Waals surface area contributed by atoms with Crippen LogP contribution >= 0.6 is 0 Å². The van der Waals surface area contributed by atoms with E-state index >= 15 is 0 Å². The van der Waals surface area contributed by atoms with Crippen molar-refractivity contribution in [2.75, 3.05) is 11.4 Å². The minimum Gasteiger partial charge on any atom is -0.478 e. The summed E-state index contributed by atoms with van der Waals surface area (Å²) in [6, 6.07) is 6.96. The Morgan fingerprint density at radius 3 is 2.79 bits per heavy atom. The van der Waals surface area contributed by atoms with Gasteiger partial charge in [-0.25, -0.2) is 9.78 Å². The molecule has 0 amide bonds. The fourth-order valence-electron chi connectivity index (χ4n) is 1.88. The van der Waals surface area contributed by atoms with Gasteiger partial charge in [-0.05, 0) is 38.1 Å². The number of furan rings is 1. The number of rotatable bonds is 5. The van der Waals surface area contributed by atoms with Crippen LogP contribution in [0, 0.1) is 6.92 Å². The molecule has 5 heteroatoms. The maximum atomic E-state index is 11.3. The molecule has 0 bridgehead atoms. The van der Waals surface area contributed by atoms with Gasteiger partial charge in [-0.15, -0.1) is 0 Å². The van der Waals surface area contributed by atoms with Crippen molar-refractivity contribution in [2.24, 2.45) is 0 Å². The third-order valence-electron chi connectivity index (χ3n) is 2.85. The van der Waals surface area contributed by atoms with Crippen LogP contribution < -0.4 is 4.90 Å². The van der Waals surface area contributed by atoms with Crippen LogP contribution in [0.25, 0.3) is 0 Å². The molecule has 2 aromatic rings. The number of anilines is 1. The molecule has 0 atom stereocenters. The van der Waals surface area contributed by atoms with E-state index < -0.39 is 5.97 Å². The molecule has 2 heterocycles. The molecule has 0 aliphatic carbocycles. The zero-order chi connectivity index (χ0) is 13.8. The first kappa shape index (κ1) is 13.1. The predicted molar refractivity (Wildman–Crippen MR) is 71.4 cm³/mol. The van der Waals surface area contributed by atoms with E-state index in [0.717, 1.165) is 11.5 Å². The number of carbonyl (C=O) groups is 1. The highest BCUT2D eigenvalue weighted by molar-refractivity contribution is 5.93. The van der Waals surface area contributed by atoms with Crippen molar-refractivity contribution in [1.29, 1.82) is 0 Å². The van der Waals surface area contributed by atoms with Crippen LogP contribution in [-0.4, -0.2) is 22.6 Å². The van der Waals surface area contributed by atoms with Crippen molar-refractivity contribution >= 4 is 11.8 Å². The number of aromatic carboxylic acids is 1.